The maximum atomic E-state index is 13.6. The van der Waals surface area contributed by atoms with Crippen molar-refractivity contribution in [3.8, 4) is 0 Å². The number of hydrogen-bond acceptors (Lipinski definition) is 2. The van der Waals surface area contributed by atoms with Crippen LogP contribution in [-0.2, 0) is 0 Å². The van der Waals surface area contributed by atoms with Crippen molar-refractivity contribution in [1.29, 1.82) is 0 Å². The second kappa shape index (κ2) is 4.72. The zero-order chi connectivity index (χ0) is 14.3. The third-order valence-electron chi connectivity index (χ3n) is 3.32. The number of aliphatic hydroxyl groups excluding tert-OH is 1. The number of para-hydroxylation sites is 1. The number of hydrogen-bond donors (Lipinski definition) is 1. The van der Waals surface area contributed by atoms with E-state index in [-0.39, 0.29) is 11.3 Å². The highest BCUT2D eigenvalue weighted by Crippen LogP contribution is 2.31. The van der Waals surface area contributed by atoms with Gasteiger partial charge in [-0.2, -0.15) is 0 Å². The van der Waals surface area contributed by atoms with Crippen LogP contribution >= 0.6 is 0 Å². The monoisotopic (exact) mass is 274 g/mol. The van der Waals surface area contributed by atoms with E-state index in [0.717, 1.165) is 5.56 Å². The summed E-state index contributed by atoms with van der Waals surface area (Å²) in [4.78, 5) is 0. The minimum atomic E-state index is -1.13. The van der Waals surface area contributed by atoms with Crippen molar-refractivity contribution < 1.29 is 18.3 Å². The van der Waals surface area contributed by atoms with Gasteiger partial charge in [-0.05, 0) is 42.3 Å². The summed E-state index contributed by atoms with van der Waals surface area (Å²) in [5.74, 6) is -0.734. The van der Waals surface area contributed by atoms with Gasteiger partial charge in [0.1, 0.15) is 17.7 Å². The molecular formula is C16H12F2O2. The molecule has 0 amide bonds. The van der Waals surface area contributed by atoms with Crippen molar-refractivity contribution in [2.75, 3.05) is 0 Å². The largest absolute Gasteiger partial charge is 0.455 e. The zero-order valence-electron chi connectivity index (χ0n) is 10.7. The van der Waals surface area contributed by atoms with E-state index in [2.05, 4.69) is 0 Å². The summed E-state index contributed by atoms with van der Waals surface area (Å²) >= 11 is 0. The molecule has 0 fully saturated rings. The molecule has 0 aliphatic rings. The Bertz CT molecular complexity index is 777. The van der Waals surface area contributed by atoms with Crippen molar-refractivity contribution in [3.63, 3.8) is 0 Å². The lowest BCUT2D eigenvalue weighted by molar-refractivity contribution is 0.190. The third kappa shape index (κ3) is 2.08. The van der Waals surface area contributed by atoms with Crippen LogP contribution in [0, 0.1) is 18.6 Å². The topological polar surface area (TPSA) is 33.4 Å². The molecule has 1 unspecified atom stereocenters. The summed E-state index contributed by atoms with van der Waals surface area (Å²) < 4.78 is 32.2. The Morgan fingerprint density at radius 1 is 1.10 bits per heavy atom. The smallest absolute Gasteiger partial charge is 0.170 e. The predicted molar refractivity (Wildman–Crippen MR) is 71.4 cm³/mol. The highest BCUT2D eigenvalue weighted by Gasteiger charge is 2.19. The average Bonchev–Trinajstić information content (AvgIpc) is 2.86. The molecule has 1 N–H and O–H groups in total. The van der Waals surface area contributed by atoms with Gasteiger partial charge in [0.15, 0.2) is 11.4 Å². The summed E-state index contributed by atoms with van der Waals surface area (Å²) in [6.07, 6.45) is -1.13. The molecule has 0 saturated heterocycles. The van der Waals surface area contributed by atoms with Gasteiger partial charge in [0.2, 0.25) is 0 Å². The van der Waals surface area contributed by atoms with Gasteiger partial charge in [-0.15, -0.1) is 0 Å². The fraction of sp³-hybridized carbons (Fsp3) is 0.125. The van der Waals surface area contributed by atoms with Crippen LogP contribution in [0.1, 0.15) is 23.0 Å². The molecule has 0 aliphatic heterocycles. The summed E-state index contributed by atoms with van der Waals surface area (Å²) in [6, 6.07) is 10.3. The second-order valence-corrected chi connectivity index (χ2v) is 4.71. The van der Waals surface area contributed by atoms with Crippen LogP contribution in [0.15, 0.2) is 46.9 Å². The maximum Gasteiger partial charge on any atom is 0.170 e. The molecule has 0 radical (unpaired) electrons. The van der Waals surface area contributed by atoms with Crippen LogP contribution in [-0.4, -0.2) is 5.11 Å². The maximum absolute atomic E-state index is 13.6. The van der Waals surface area contributed by atoms with E-state index >= 15 is 0 Å². The van der Waals surface area contributed by atoms with Crippen molar-refractivity contribution in [1.82, 2.24) is 0 Å². The first-order valence-corrected chi connectivity index (χ1v) is 6.18. The molecule has 1 heterocycles. The van der Waals surface area contributed by atoms with Crippen LogP contribution in [0.5, 0.6) is 0 Å². The number of fused-ring (bicyclic) bond motifs is 1. The van der Waals surface area contributed by atoms with E-state index in [4.69, 9.17) is 4.42 Å². The van der Waals surface area contributed by atoms with Crippen LogP contribution in [0.2, 0.25) is 0 Å². The van der Waals surface area contributed by atoms with Crippen LogP contribution in [0.4, 0.5) is 8.78 Å². The molecule has 20 heavy (non-hydrogen) atoms. The minimum absolute atomic E-state index is 0.0932. The minimum Gasteiger partial charge on any atom is -0.455 e. The number of rotatable bonds is 2. The molecule has 3 rings (SSSR count). The molecule has 0 aliphatic carbocycles. The van der Waals surface area contributed by atoms with Crippen molar-refractivity contribution in [2.45, 2.75) is 13.0 Å². The molecule has 1 aromatic heterocycles. The van der Waals surface area contributed by atoms with Gasteiger partial charge in [0.05, 0.1) is 0 Å². The molecule has 3 aromatic rings. The summed E-state index contributed by atoms with van der Waals surface area (Å²) in [7, 11) is 0. The number of furan rings is 1. The van der Waals surface area contributed by atoms with E-state index in [0.29, 0.717) is 10.9 Å². The SMILES string of the molecule is Cc1ccc(F)cc1C(O)c1cc2cccc(F)c2o1. The molecule has 0 saturated carbocycles. The summed E-state index contributed by atoms with van der Waals surface area (Å²) in [6.45, 7) is 1.77. The standard InChI is InChI=1S/C16H12F2O2/c1-9-5-6-11(17)8-12(9)15(19)14-7-10-3-2-4-13(18)16(10)20-14/h2-8,15,19H,1H3. The Labute approximate surface area is 114 Å². The number of halogens is 2. The van der Waals surface area contributed by atoms with Gasteiger partial charge in [-0.3, -0.25) is 0 Å². The van der Waals surface area contributed by atoms with Crippen molar-refractivity contribution in [3.05, 3.63) is 71.0 Å². The summed E-state index contributed by atoms with van der Waals surface area (Å²) in [5, 5.41) is 10.9. The highest BCUT2D eigenvalue weighted by molar-refractivity contribution is 5.78. The lowest BCUT2D eigenvalue weighted by atomic mass is 10.0. The first kappa shape index (κ1) is 12.8. The Balaban J connectivity index is 2.10. The first-order chi connectivity index (χ1) is 9.56. The molecule has 102 valence electrons. The Morgan fingerprint density at radius 3 is 2.65 bits per heavy atom. The van der Waals surface area contributed by atoms with Crippen molar-refractivity contribution >= 4 is 11.0 Å². The summed E-state index contributed by atoms with van der Waals surface area (Å²) in [5.41, 5.74) is 1.24. The normalized spacial score (nSPS) is 12.8. The van der Waals surface area contributed by atoms with E-state index < -0.39 is 17.7 Å². The third-order valence-corrected chi connectivity index (χ3v) is 3.32. The van der Waals surface area contributed by atoms with E-state index in [1.807, 2.05) is 0 Å². The Morgan fingerprint density at radius 2 is 1.90 bits per heavy atom. The molecule has 1 atom stereocenters. The Kier molecular flexibility index (Phi) is 3.03. The van der Waals surface area contributed by atoms with Crippen molar-refractivity contribution in [2.24, 2.45) is 0 Å². The number of benzene rings is 2. The fourth-order valence-corrected chi connectivity index (χ4v) is 2.24. The molecule has 2 aromatic carbocycles. The number of aliphatic hydroxyl groups is 1. The van der Waals surface area contributed by atoms with E-state index in [1.54, 1.807) is 31.2 Å². The second-order valence-electron chi connectivity index (χ2n) is 4.71. The van der Waals surface area contributed by atoms with E-state index in [9.17, 15) is 13.9 Å². The predicted octanol–water partition coefficient (Wildman–Crippen LogP) is 4.10. The molecular weight excluding hydrogens is 262 g/mol. The fourth-order valence-electron chi connectivity index (χ4n) is 2.24. The average molecular weight is 274 g/mol. The van der Waals surface area contributed by atoms with Gasteiger partial charge in [0, 0.05) is 5.39 Å². The van der Waals surface area contributed by atoms with Crippen LogP contribution in [0.25, 0.3) is 11.0 Å². The van der Waals surface area contributed by atoms with Crippen LogP contribution in [0.3, 0.4) is 0 Å². The van der Waals surface area contributed by atoms with E-state index in [1.165, 1.54) is 18.2 Å². The van der Waals surface area contributed by atoms with Gasteiger partial charge in [-0.1, -0.05) is 18.2 Å². The quantitative estimate of drug-likeness (QED) is 0.763. The molecule has 0 spiro atoms. The lowest BCUT2D eigenvalue weighted by Gasteiger charge is -2.11. The molecule has 2 nitrogen and oxygen atoms in total. The van der Waals surface area contributed by atoms with Gasteiger partial charge in [-0.25, -0.2) is 8.78 Å². The van der Waals surface area contributed by atoms with Gasteiger partial charge >= 0.3 is 0 Å². The molecule has 4 heteroatoms. The van der Waals surface area contributed by atoms with Gasteiger partial charge < -0.3 is 9.52 Å². The lowest BCUT2D eigenvalue weighted by Crippen LogP contribution is -2.01. The zero-order valence-corrected chi connectivity index (χ0v) is 10.7. The Hall–Kier alpha value is -2.20. The first-order valence-electron chi connectivity index (χ1n) is 6.18. The van der Waals surface area contributed by atoms with Gasteiger partial charge in [0.25, 0.3) is 0 Å². The highest BCUT2D eigenvalue weighted by atomic mass is 19.1. The van der Waals surface area contributed by atoms with Crippen LogP contribution < -0.4 is 0 Å². The number of aryl methyl sites for hydroxylation is 1. The molecule has 0 bridgehead atoms.